The van der Waals surface area contributed by atoms with Crippen molar-refractivity contribution in [3.63, 3.8) is 0 Å². The van der Waals surface area contributed by atoms with Gasteiger partial charge in [0.15, 0.2) is 9.84 Å². The van der Waals surface area contributed by atoms with E-state index in [1.54, 1.807) is 6.92 Å². The summed E-state index contributed by atoms with van der Waals surface area (Å²) >= 11 is 0. The molecule has 0 aliphatic carbocycles. The van der Waals surface area contributed by atoms with Crippen molar-refractivity contribution in [2.24, 2.45) is 5.92 Å². The van der Waals surface area contributed by atoms with Crippen LogP contribution in [0.1, 0.15) is 57.7 Å². The molecule has 1 rings (SSSR count). The molecule has 2 unspecified atom stereocenters. The lowest BCUT2D eigenvalue weighted by molar-refractivity contribution is 0.532. The summed E-state index contributed by atoms with van der Waals surface area (Å²) in [6.45, 7) is 10.0. The van der Waals surface area contributed by atoms with E-state index in [9.17, 15) is 8.42 Å². The van der Waals surface area contributed by atoms with Gasteiger partial charge in [-0.25, -0.2) is 8.42 Å². The van der Waals surface area contributed by atoms with Gasteiger partial charge >= 0.3 is 0 Å². The molecule has 1 aromatic carbocycles. The van der Waals surface area contributed by atoms with E-state index < -0.39 is 9.84 Å². The summed E-state index contributed by atoms with van der Waals surface area (Å²) < 4.78 is 24.9. The Kier molecular flexibility index (Phi) is 6.41. The van der Waals surface area contributed by atoms with Crippen molar-refractivity contribution in [2.75, 3.05) is 12.8 Å². The van der Waals surface area contributed by atoms with Gasteiger partial charge in [0, 0.05) is 6.04 Å². The lowest BCUT2D eigenvalue weighted by Crippen LogP contribution is -2.32. The van der Waals surface area contributed by atoms with Crippen molar-refractivity contribution in [1.29, 1.82) is 0 Å². The minimum atomic E-state index is -3.11. The molecule has 3 nitrogen and oxygen atoms in total. The first kappa shape index (κ1) is 18.2. The minimum absolute atomic E-state index is 0.135. The average Bonchev–Trinajstić information content (AvgIpc) is 2.43. The summed E-state index contributed by atoms with van der Waals surface area (Å²) in [5.74, 6) is 0.761. The molecule has 0 bridgehead atoms. The van der Waals surface area contributed by atoms with Crippen molar-refractivity contribution in [1.82, 2.24) is 5.32 Å². The maximum absolute atomic E-state index is 12.4. The highest BCUT2D eigenvalue weighted by molar-refractivity contribution is 7.92. The molecule has 0 radical (unpaired) electrons. The molecular formula is C17H29NO2S. The summed E-state index contributed by atoms with van der Waals surface area (Å²) in [4.78, 5) is 0. The van der Waals surface area contributed by atoms with Gasteiger partial charge in [0.25, 0.3) is 0 Å². The first-order valence-corrected chi connectivity index (χ1v) is 9.39. The van der Waals surface area contributed by atoms with Crippen LogP contribution in [0.15, 0.2) is 24.3 Å². The molecule has 0 aromatic heterocycles. The van der Waals surface area contributed by atoms with Crippen LogP contribution in [-0.2, 0) is 9.84 Å². The lowest BCUT2D eigenvalue weighted by atomic mass is 10.00. The molecule has 0 aliphatic rings. The van der Waals surface area contributed by atoms with Crippen molar-refractivity contribution in [2.45, 2.75) is 51.8 Å². The number of sulfone groups is 1. The molecule has 0 heterocycles. The molecule has 0 spiro atoms. The Morgan fingerprint density at radius 1 is 0.952 bits per heavy atom. The predicted molar refractivity (Wildman–Crippen MR) is 90.4 cm³/mol. The second-order valence-corrected chi connectivity index (χ2v) is 8.84. The molecule has 0 aliphatic heterocycles. The monoisotopic (exact) mass is 311 g/mol. The SMILES string of the molecule is CNC(CS(=O)(=O)C(C)C(C)C)c1ccc(C(C)C)cc1. The second-order valence-electron chi connectivity index (χ2n) is 6.44. The average molecular weight is 311 g/mol. The van der Waals surface area contributed by atoms with E-state index in [0.29, 0.717) is 5.92 Å². The van der Waals surface area contributed by atoms with Crippen LogP contribution in [0.3, 0.4) is 0 Å². The third kappa shape index (κ3) is 4.82. The van der Waals surface area contributed by atoms with E-state index in [4.69, 9.17) is 0 Å². The van der Waals surface area contributed by atoms with Crippen LogP contribution in [-0.4, -0.2) is 26.5 Å². The normalized spacial score (nSPS) is 15.4. The van der Waals surface area contributed by atoms with Crippen LogP contribution >= 0.6 is 0 Å². The molecule has 21 heavy (non-hydrogen) atoms. The molecule has 0 saturated carbocycles. The van der Waals surface area contributed by atoms with E-state index in [0.717, 1.165) is 5.56 Å². The zero-order chi connectivity index (χ0) is 16.2. The highest BCUT2D eigenvalue weighted by Gasteiger charge is 2.27. The van der Waals surface area contributed by atoms with Gasteiger partial charge in [-0.05, 0) is 36.9 Å². The molecule has 1 N–H and O–H groups in total. The summed E-state index contributed by atoms with van der Waals surface area (Å²) in [6.07, 6.45) is 0. The predicted octanol–water partition coefficient (Wildman–Crippen LogP) is 3.53. The van der Waals surface area contributed by atoms with E-state index in [1.807, 2.05) is 33.0 Å². The Balaban J connectivity index is 2.93. The molecule has 0 amide bonds. The molecule has 120 valence electrons. The highest BCUT2D eigenvalue weighted by Crippen LogP contribution is 2.22. The van der Waals surface area contributed by atoms with Gasteiger partial charge in [-0.1, -0.05) is 52.0 Å². The first-order chi connectivity index (χ1) is 9.69. The summed E-state index contributed by atoms with van der Waals surface area (Å²) in [5.41, 5.74) is 2.30. The fraction of sp³-hybridized carbons (Fsp3) is 0.647. The van der Waals surface area contributed by atoms with Gasteiger partial charge in [-0.15, -0.1) is 0 Å². The highest BCUT2D eigenvalue weighted by atomic mass is 32.2. The van der Waals surface area contributed by atoms with Crippen LogP contribution in [0.5, 0.6) is 0 Å². The third-order valence-corrected chi connectivity index (χ3v) is 6.73. The van der Waals surface area contributed by atoms with Crippen LogP contribution in [0.25, 0.3) is 0 Å². The quantitative estimate of drug-likeness (QED) is 0.838. The first-order valence-electron chi connectivity index (χ1n) is 7.67. The van der Waals surface area contributed by atoms with E-state index in [2.05, 4.69) is 31.3 Å². The van der Waals surface area contributed by atoms with Crippen LogP contribution in [0.4, 0.5) is 0 Å². The van der Waals surface area contributed by atoms with Crippen LogP contribution in [0.2, 0.25) is 0 Å². The standard InChI is InChI=1S/C17H29NO2S/c1-12(2)14(5)21(19,20)11-17(18-6)16-9-7-15(8-10-16)13(3)4/h7-10,12-14,17-18H,11H2,1-6H3. The lowest BCUT2D eigenvalue weighted by Gasteiger charge is -2.22. The third-order valence-electron chi connectivity index (χ3n) is 4.26. The summed E-state index contributed by atoms with van der Waals surface area (Å²) in [5, 5.41) is 2.82. The fourth-order valence-corrected chi connectivity index (χ4v) is 4.21. The largest absolute Gasteiger partial charge is 0.312 e. The summed E-state index contributed by atoms with van der Waals surface area (Å²) in [6, 6.07) is 8.08. The molecule has 2 atom stereocenters. The number of hydrogen-bond acceptors (Lipinski definition) is 3. The van der Waals surface area contributed by atoms with Crippen molar-refractivity contribution in [3.05, 3.63) is 35.4 Å². The topological polar surface area (TPSA) is 46.2 Å². The van der Waals surface area contributed by atoms with E-state index >= 15 is 0 Å². The molecule has 0 fully saturated rings. The maximum Gasteiger partial charge on any atom is 0.155 e. The van der Waals surface area contributed by atoms with Crippen molar-refractivity contribution >= 4 is 9.84 Å². The second kappa shape index (κ2) is 7.41. The van der Waals surface area contributed by atoms with Gasteiger partial charge < -0.3 is 5.32 Å². The maximum atomic E-state index is 12.4. The van der Waals surface area contributed by atoms with Crippen LogP contribution < -0.4 is 5.32 Å². The Labute approximate surface area is 130 Å². The Hall–Kier alpha value is -0.870. The zero-order valence-electron chi connectivity index (χ0n) is 14.1. The van der Waals surface area contributed by atoms with Gasteiger partial charge in [-0.3, -0.25) is 0 Å². The van der Waals surface area contributed by atoms with Crippen LogP contribution in [0, 0.1) is 5.92 Å². The van der Waals surface area contributed by atoms with Gasteiger partial charge in [-0.2, -0.15) is 0 Å². The van der Waals surface area contributed by atoms with E-state index in [-0.39, 0.29) is 23.0 Å². The van der Waals surface area contributed by atoms with Gasteiger partial charge in [0.1, 0.15) is 0 Å². The Morgan fingerprint density at radius 3 is 1.81 bits per heavy atom. The van der Waals surface area contributed by atoms with Crippen molar-refractivity contribution in [3.8, 4) is 0 Å². The summed E-state index contributed by atoms with van der Waals surface area (Å²) in [7, 11) is -1.29. The molecule has 0 saturated heterocycles. The number of hydrogen-bond donors (Lipinski definition) is 1. The molecule has 1 aromatic rings. The number of nitrogens with one attached hydrogen (secondary N) is 1. The van der Waals surface area contributed by atoms with E-state index in [1.165, 1.54) is 5.56 Å². The van der Waals surface area contributed by atoms with Gasteiger partial charge in [0.2, 0.25) is 0 Å². The smallest absolute Gasteiger partial charge is 0.155 e. The fourth-order valence-electron chi connectivity index (χ4n) is 2.26. The molecular weight excluding hydrogens is 282 g/mol. The Bertz CT molecular complexity index is 532. The van der Waals surface area contributed by atoms with Crippen molar-refractivity contribution < 1.29 is 8.42 Å². The molecule has 4 heteroatoms. The Morgan fingerprint density at radius 2 is 1.43 bits per heavy atom. The number of rotatable bonds is 7. The van der Waals surface area contributed by atoms with Gasteiger partial charge in [0.05, 0.1) is 11.0 Å². The number of benzene rings is 1. The minimum Gasteiger partial charge on any atom is -0.312 e. The zero-order valence-corrected chi connectivity index (χ0v) is 14.9.